The van der Waals surface area contributed by atoms with E-state index in [1.165, 1.54) is 0 Å². The second kappa shape index (κ2) is 13.2. The number of hydrogen-bond donors (Lipinski definition) is 10. The van der Waals surface area contributed by atoms with Gasteiger partial charge in [-0.25, -0.2) is 0 Å². The quantitative estimate of drug-likeness (QED) is 0.137. The van der Waals surface area contributed by atoms with Crippen molar-refractivity contribution >= 4 is 10.4 Å². The van der Waals surface area contributed by atoms with Gasteiger partial charge >= 0.3 is 10.4 Å². The van der Waals surface area contributed by atoms with E-state index in [-0.39, 0.29) is 24.8 Å². The molecule has 0 spiro atoms. The van der Waals surface area contributed by atoms with Crippen molar-refractivity contribution in [1.29, 1.82) is 0 Å². The molecule has 0 aromatic rings. The molecule has 3 fully saturated rings. The van der Waals surface area contributed by atoms with E-state index >= 15 is 0 Å². The SMILES string of the molecule is CN[C@@H]1[C@@H](O)[C@@H](O[C@@H]2[C@@H](O)[C@H](O[C@H]3O[C@H](C(C)N)CC[C@H]3N)[C@@H](N)C[C@H]2N)OC[C@]1(C)O.O=S(=O)(O)O. The van der Waals surface area contributed by atoms with Gasteiger partial charge in [0.2, 0.25) is 0 Å². The molecule has 2 heterocycles. The highest BCUT2D eigenvalue weighted by Gasteiger charge is 2.50. The second-order valence-electron chi connectivity index (χ2n) is 10.1. The third-order valence-corrected chi connectivity index (χ3v) is 6.81. The van der Waals surface area contributed by atoms with E-state index < -0.39 is 71.1 Å². The van der Waals surface area contributed by atoms with Crippen LogP contribution in [0, 0.1) is 0 Å². The van der Waals surface area contributed by atoms with E-state index in [1.54, 1.807) is 14.0 Å². The number of likely N-dealkylation sites (N-methyl/N-ethyl adjacent to an activating group) is 1. The minimum absolute atomic E-state index is 0.0683. The molecule has 0 bridgehead atoms. The lowest BCUT2D eigenvalue weighted by atomic mass is 9.84. The maximum absolute atomic E-state index is 11.1. The molecule has 0 aromatic carbocycles. The van der Waals surface area contributed by atoms with Crippen LogP contribution in [-0.4, -0.2) is 125 Å². The highest BCUT2D eigenvalue weighted by atomic mass is 32.3. The van der Waals surface area contributed by atoms with Crippen LogP contribution in [0.5, 0.6) is 0 Å². The number of aliphatic hydroxyl groups excluding tert-OH is 2. The summed E-state index contributed by atoms with van der Waals surface area (Å²) in [7, 11) is -3.04. The van der Waals surface area contributed by atoms with Crippen molar-refractivity contribution in [2.45, 2.75) is 112 Å². The van der Waals surface area contributed by atoms with Crippen molar-refractivity contribution in [3.05, 3.63) is 0 Å². The van der Waals surface area contributed by atoms with E-state index in [0.29, 0.717) is 12.8 Å². The minimum atomic E-state index is -4.67. The largest absolute Gasteiger partial charge is 0.394 e. The Bertz CT molecular complexity index is 815. The highest BCUT2D eigenvalue weighted by molar-refractivity contribution is 7.79. The topological polar surface area (TPSA) is 288 Å². The van der Waals surface area contributed by atoms with Crippen molar-refractivity contribution in [3.63, 3.8) is 0 Å². The zero-order valence-corrected chi connectivity index (χ0v) is 22.0. The fourth-order valence-corrected chi connectivity index (χ4v) is 4.87. The van der Waals surface area contributed by atoms with Crippen LogP contribution in [0.3, 0.4) is 0 Å². The van der Waals surface area contributed by atoms with Crippen molar-refractivity contribution in [2.24, 2.45) is 22.9 Å². The molecule has 0 radical (unpaired) electrons. The molecule has 14 N–H and O–H groups in total. The van der Waals surface area contributed by atoms with Gasteiger partial charge in [0.1, 0.15) is 30.0 Å². The fraction of sp³-hybridized carbons (Fsp3) is 1.00. The molecule has 0 aromatic heterocycles. The molecule has 2 saturated heterocycles. The van der Waals surface area contributed by atoms with Crippen molar-refractivity contribution in [1.82, 2.24) is 5.32 Å². The predicted molar refractivity (Wildman–Crippen MR) is 129 cm³/mol. The summed E-state index contributed by atoms with van der Waals surface area (Å²) < 4.78 is 55.0. The Hall–Kier alpha value is -0.610. The Balaban J connectivity index is 0.000000877. The first kappa shape index (κ1) is 32.6. The molecule has 3 rings (SSSR count). The van der Waals surface area contributed by atoms with Crippen LogP contribution in [0.15, 0.2) is 0 Å². The normalized spacial score (nSPS) is 46.0. The van der Waals surface area contributed by atoms with Gasteiger partial charge in [0.15, 0.2) is 12.6 Å². The number of nitrogens with two attached hydrogens (primary N) is 4. The summed E-state index contributed by atoms with van der Waals surface area (Å²) in [6.45, 7) is 3.34. The third kappa shape index (κ3) is 8.95. The standard InChI is InChI=1S/C20H41N5O7.H2O4S/c1-8(21)12-5-4-9(22)18(30-12)31-15-10(23)6-11(24)16(13(15)26)32-19-14(27)17(25-3)20(2,28)7-29-19;1-5(2,3)4/h8-19,25-28H,4-7,21-24H2,1-3H3;(H2,1,2,3,4)/t8?,9-,10+,11-,12+,13+,14-,15-,16+,17-,18-,19-,20+;/m1./s1. The smallest absolute Gasteiger partial charge is 0.388 e. The summed E-state index contributed by atoms with van der Waals surface area (Å²) in [5.74, 6) is 0. The van der Waals surface area contributed by atoms with Crippen molar-refractivity contribution < 1.29 is 51.8 Å². The average Bonchev–Trinajstić information content (AvgIpc) is 2.75. The van der Waals surface area contributed by atoms with Crippen LogP contribution in [0.2, 0.25) is 0 Å². The van der Waals surface area contributed by atoms with Gasteiger partial charge in [0, 0.05) is 18.1 Å². The lowest BCUT2D eigenvalue weighted by Gasteiger charge is -2.48. The summed E-state index contributed by atoms with van der Waals surface area (Å²) >= 11 is 0. The number of ether oxygens (including phenoxy) is 4. The van der Waals surface area contributed by atoms with E-state index in [1.807, 2.05) is 6.92 Å². The first-order chi connectivity index (χ1) is 17.0. The van der Waals surface area contributed by atoms with Gasteiger partial charge < -0.3 is 62.5 Å². The Morgan fingerprint density at radius 3 is 2.00 bits per heavy atom. The van der Waals surface area contributed by atoms with Gasteiger partial charge in [-0.05, 0) is 40.2 Å². The Morgan fingerprint density at radius 2 is 1.51 bits per heavy atom. The zero-order chi connectivity index (χ0) is 28.3. The van der Waals surface area contributed by atoms with Crippen LogP contribution in [0.1, 0.15) is 33.1 Å². The molecular formula is C20H43N5O11S. The van der Waals surface area contributed by atoms with E-state index in [0.717, 1.165) is 6.42 Å². The van der Waals surface area contributed by atoms with Gasteiger partial charge in [-0.3, -0.25) is 9.11 Å². The summed E-state index contributed by atoms with van der Waals surface area (Å²) in [6.07, 6.45) is -4.58. The Labute approximate surface area is 216 Å². The predicted octanol–water partition coefficient (Wildman–Crippen LogP) is -4.24. The van der Waals surface area contributed by atoms with Crippen LogP contribution in [-0.2, 0) is 29.3 Å². The summed E-state index contributed by atoms with van der Waals surface area (Å²) in [4.78, 5) is 0. The monoisotopic (exact) mass is 561 g/mol. The van der Waals surface area contributed by atoms with E-state index in [2.05, 4.69) is 5.32 Å². The molecule has 1 unspecified atom stereocenters. The lowest BCUT2D eigenvalue weighted by molar-refractivity contribution is -0.307. The highest BCUT2D eigenvalue weighted by Crippen LogP contribution is 2.31. The maximum atomic E-state index is 11.1. The molecule has 3 aliphatic rings. The molecule has 1 saturated carbocycles. The second-order valence-corrected chi connectivity index (χ2v) is 11.0. The Morgan fingerprint density at radius 1 is 1.00 bits per heavy atom. The van der Waals surface area contributed by atoms with Crippen LogP contribution < -0.4 is 28.3 Å². The molecular weight excluding hydrogens is 518 g/mol. The summed E-state index contributed by atoms with van der Waals surface area (Å²) in [5, 5.41) is 35.0. The van der Waals surface area contributed by atoms with Gasteiger partial charge in [-0.2, -0.15) is 8.42 Å². The van der Waals surface area contributed by atoms with Gasteiger partial charge in [-0.1, -0.05) is 0 Å². The van der Waals surface area contributed by atoms with E-state index in [4.69, 9.17) is 59.4 Å². The van der Waals surface area contributed by atoms with E-state index in [9.17, 15) is 15.3 Å². The van der Waals surface area contributed by atoms with Crippen LogP contribution in [0.4, 0.5) is 0 Å². The number of aliphatic hydroxyl groups is 3. The first-order valence-electron chi connectivity index (χ1n) is 12.0. The molecule has 37 heavy (non-hydrogen) atoms. The van der Waals surface area contributed by atoms with Gasteiger partial charge in [-0.15, -0.1) is 0 Å². The third-order valence-electron chi connectivity index (χ3n) is 6.81. The maximum Gasteiger partial charge on any atom is 0.394 e. The number of rotatable bonds is 6. The molecule has 13 atom stereocenters. The zero-order valence-electron chi connectivity index (χ0n) is 21.2. The average molecular weight is 562 g/mol. The summed E-state index contributed by atoms with van der Waals surface area (Å²) in [6, 6.07) is -2.47. The molecule has 2 aliphatic heterocycles. The van der Waals surface area contributed by atoms with Crippen molar-refractivity contribution in [3.8, 4) is 0 Å². The van der Waals surface area contributed by atoms with Gasteiger partial charge in [0.25, 0.3) is 0 Å². The fourth-order valence-electron chi connectivity index (χ4n) is 4.87. The first-order valence-corrected chi connectivity index (χ1v) is 13.4. The van der Waals surface area contributed by atoms with Crippen molar-refractivity contribution in [2.75, 3.05) is 13.7 Å². The summed E-state index contributed by atoms with van der Waals surface area (Å²) in [5.41, 5.74) is 23.3. The molecule has 1 aliphatic carbocycles. The van der Waals surface area contributed by atoms with Crippen LogP contribution >= 0.6 is 0 Å². The lowest BCUT2D eigenvalue weighted by Crippen LogP contribution is -2.68. The Kier molecular flexibility index (Phi) is 11.6. The van der Waals surface area contributed by atoms with Gasteiger partial charge in [0.05, 0.1) is 24.8 Å². The number of nitrogens with one attached hydrogen (secondary N) is 1. The van der Waals surface area contributed by atoms with Crippen LogP contribution in [0.25, 0.3) is 0 Å². The minimum Gasteiger partial charge on any atom is -0.388 e. The molecule has 17 heteroatoms. The molecule has 16 nitrogen and oxygen atoms in total. The molecule has 220 valence electrons. The molecule has 0 amide bonds. The number of hydrogen-bond acceptors (Lipinski definition) is 14.